The molecule has 1 atom stereocenters. The molecule has 0 spiro atoms. The summed E-state index contributed by atoms with van der Waals surface area (Å²) < 4.78 is 5.74. The van der Waals surface area contributed by atoms with Gasteiger partial charge in [-0.1, -0.05) is 18.2 Å². The molecule has 122 valence electrons. The predicted molar refractivity (Wildman–Crippen MR) is 86.9 cm³/mol. The molecule has 2 amide bonds. The highest BCUT2D eigenvalue weighted by Gasteiger charge is 2.35. The van der Waals surface area contributed by atoms with Gasteiger partial charge in [-0.25, -0.2) is 0 Å². The van der Waals surface area contributed by atoms with E-state index < -0.39 is 6.04 Å². The first-order valence-corrected chi connectivity index (χ1v) is 8.04. The molecule has 1 aromatic rings. The Hall–Kier alpha value is -2.30. The molecule has 2 heterocycles. The number of hydrogen-bond donors (Lipinski definition) is 1. The summed E-state index contributed by atoms with van der Waals surface area (Å²) in [6.07, 6.45) is 1.19. The summed E-state index contributed by atoms with van der Waals surface area (Å²) in [4.78, 5) is 26.7. The lowest BCUT2D eigenvalue weighted by Crippen LogP contribution is -2.44. The Bertz CT molecular complexity index is 679. The number of carbonyl (C=O) groups is 2. The van der Waals surface area contributed by atoms with Gasteiger partial charge in [0.05, 0.1) is 5.57 Å². The van der Waals surface area contributed by atoms with Crippen molar-refractivity contribution in [1.29, 1.82) is 0 Å². The molecular weight excluding hydrogens is 292 g/mol. The van der Waals surface area contributed by atoms with Crippen LogP contribution in [0.15, 0.2) is 35.6 Å². The molecule has 3 rings (SSSR count). The van der Waals surface area contributed by atoms with Crippen LogP contribution in [0.2, 0.25) is 0 Å². The third-order valence-electron chi connectivity index (χ3n) is 4.47. The van der Waals surface area contributed by atoms with Gasteiger partial charge in [-0.2, -0.15) is 0 Å². The van der Waals surface area contributed by atoms with Crippen LogP contribution in [0.4, 0.5) is 0 Å². The first kappa shape index (κ1) is 15.6. The summed E-state index contributed by atoms with van der Waals surface area (Å²) in [5.74, 6) is 1.20. The third-order valence-corrected chi connectivity index (χ3v) is 4.47. The van der Waals surface area contributed by atoms with Crippen LogP contribution in [0.25, 0.3) is 0 Å². The lowest BCUT2D eigenvalue weighted by atomic mass is 10.00. The second kappa shape index (κ2) is 6.07. The lowest BCUT2D eigenvalue weighted by molar-refractivity contribution is -0.133. The van der Waals surface area contributed by atoms with Crippen molar-refractivity contribution in [2.24, 2.45) is 0 Å². The Labute approximate surface area is 136 Å². The molecule has 1 saturated heterocycles. The summed E-state index contributed by atoms with van der Waals surface area (Å²) in [7, 11) is 0. The highest BCUT2D eigenvalue weighted by atomic mass is 16.5. The van der Waals surface area contributed by atoms with Gasteiger partial charge < -0.3 is 15.0 Å². The number of allylic oxidation sites excluding steroid dienone is 1. The standard InChI is InChI=1S/C18H22N2O3/c1-11(2)20-9-8-15(18(20)22)19-17(21)14-10-13-6-4-5-7-16(13)23-12(14)3/h4-7,11,15H,8-10H2,1-3H3,(H,19,21)/t15-/m0/s1. The maximum absolute atomic E-state index is 12.6. The topological polar surface area (TPSA) is 58.6 Å². The number of rotatable bonds is 3. The molecule has 2 aliphatic rings. The average Bonchev–Trinajstić information content (AvgIpc) is 2.87. The summed E-state index contributed by atoms with van der Waals surface area (Å²) in [5, 5.41) is 2.88. The van der Waals surface area contributed by atoms with E-state index >= 15 is 0 Å². The maximum Gasteiger partial charge on any atom is 0.251 e. The molecule has 2 aliphatic heterocycles. The molecule has 0 aliphatic carbocycles. The molecule has 5 nitrogen and oxygen atoms in total. The first-order valence-electron chi connectivity index (χ1n) is 8.04. The molecule has 1 fully saturated rings. The van der Waals surface area contributed by atoms with E-state index in [2.05, 4.69) is 5.32 Å². The summed E-state index contributed by atoms with van der Waals surface area (Å²) >= 11 is 0. The van der Waals surface area contributed by atoms with Crippen molar-refractivity contribution in [3.63, 3.8) is 0 Å². The number of fused-ring (bicyclic) bond motifs is 1. The third kappa shape index (κ3) is 2.96. The Kier molecular flexibility index (Phi) is 4.11. The molecule has 0 bridgehead atoms. The van der Waals surface area contributed by atoms with Crippen LogP contribution >= 0.6 is 0 Å². The van der Waals surface area contributed by atoms with Gasteiger partial charge in [0.15, 0.2) is 0 Å². The number of hydrogen-bond acceptors (Lipinski definition) is 3. The van der Waals surface area contributed by atoms with Crippen molar-refractivity contribution in [3.8, 4) is 5.75 Å². The summed E-state index contributed by atoms with van der Waals surface area (Å²) in [5.41, 5.74) is 1.59. The van der Waals surface area contributed by atoms with Crippen molar-refractivity contribution in [2.45, 2.75) is 45.7 Å². The Balaban J connectivity index is 1.71. The molecule has 5 heteroatoms. The predicted octanol–water partition coefficient (Wildman–Crippen LogP) is 2.02. The van der Waals surface area contributed by atoms with Gasteiger partial charge in [0.25, 0.3) is 5.91 Å². The fourth-order valence-electron chi connectivity index (χ4n) is 3.13. The average molecular weight is 314 g/mol. The second-order valence-electron chi connectivity index (χ2n) is 6.36. The largest absolute Gasteiger partial charge is 0.461 e. The van der Waals surface area contributed by atoms with Crippen LogP contribution in [-0.4, -0.2) is 35.3 Å². The van der Waals surface area contributed by atoms with Crippen molar-refractivity contribution in [2.75, 3.05) is 6.54 Å². The van der Waals surface area contributed by atoms with Gasteiger partial charge in [-0.3, -0.25) is 9.59 Å². The molecule has 0 unspecified atom stereocenters. The van der Waals surface area contributed by atoms with Gasteiger partial charge in [0.2, 0.25) is 5.91 Å². The van der Waals surface area contributed by atoms with E-state index in [0.717, 1.165) is 11.3 Å². The Morgan fingerprint density at radius 1 is 1.35 bits per heavy atom. The van der Waals surface area contributed by atoms with Crippen molar-refractivity contribution < 1.29 is 14.3 Å². The molecule has 0 saturated carbocycles. The highest BCUT2D eigenvalue weighted by molar-refractivity contribution is 5.98. The minimum Gasteiger partial charge on any atom is -0.461 e. The number of nitrogens with zero attached hydrogens (tertiary/aromatic N) is 1. The normalized spacial score (nSPS) is 20.6. The van der Waals surface area contributed by atoms with Gasteiger partial charge >= 0.3 is 0 Å². The van der Waals surface area contributed by atoms with Crippen LogP contribution in [0.5, 0.6) is 5.75 Å². The van der Waals surface area contributed by atoms with E-state index in [1.807, 2.05) is 38.1 Å². The number of amides is 2. The molecule has 0 aromatic heterocycles. The zero-order chi connectivity index (χ0) is 16.6. The van der Waals surface area contributed by atoms with E-state index in [4.69, 9.17) is 4.74 Å². The van der Waals surface area contributed by atoms with Crippen LogP contribution < -0.4 is 10.1 Å². The molecule has 0 radical (unpaired) electrons. The number of nitrogens with one attached hydrogen (secondary N) is 1. The van der Waals surface area contributed by atoms with Crippen LogP contribution in [0.1, 0.15) is 32.8 Å². The van der Waals surface area contributed by atoms with Crippen LogP contribution in [-0.2, 0) is 16.0 Å². The van der Waals surface area contributed by atoms with Gasteiger partial charge in [0, 0.05) is 19.0 Å². The molecule has 1 N–H and O–H groups in total. The molecular formula is C18H22N2O3. The van der Waals surface area contributed by atoms with Crippen molar-refractivity contribution >= 4 is 11.8 Å². The smallest absolute Gasteiger partial charge is 0.251 e. The van der Waals surface area contributed by atoms with Crippen LogP contribution in [0.3, 0.4) is 0 Å². The van der Waals surface area contributed by atoms with E-state index in [1.54, 1.807) is 11.8 Å². The maximum atomic E-state index is 12.6. The highest BCUT2D eigenvalue weighted by Crippen LogP contribution is 2.30. The fourth-order valence-corrected chi connectivity index (χ4v) is 3.13. The number of ether oxygens (including phenoxy) is 1. The lowest BCUT2D eigenvalue weighted by Gasteiger charge is -2.23. The van der Waals surface area contributed by atoms with E-state index in [9.17, 15) is 9.59 Å². The number of carbonyl (C=O) groups excluding carboxylic acids is 2. The van der Waals surface area contributed by atoms with Gasteiger partial charge in [-0.05, 0) is 38.8 Å². The zero-order valence-electron chi connectivity index (χ0n) is 13.8. The SMILES string of the molecule is CC1=C(C(=O)N[C@H]2CCN(C(C)C)C2=O)Cc2ccccc2O1. The zero-order valence-corrected chi connectivity index (χ0v) is 13.8. The minimum atomic E-state index is -0.428. The fraction of sp³-hybridized carbons (Fsp3) is 0.444. The molecule has 23 heavy (non-hydrogen) atoms. The number of likely N-dealkylation sites (tertiary alicyclic amines) is 1. The number of para-hydroxylation sites is 1. The molecule has 1 aromatic carbocycles. The van der Waals surface area contributed by atoms with Crippen molar-refractivity contribution in [1.82, 2.24) is 10.2 Å². The second-order valence-corrected chi connectivity index (χ2v) is 6.36. The van der Waals surface area contributed by atoms with E-state index in [-0.39, 0.29) is 17.9 Å². The summed E-state index contributed by atoms with van der Waals surface area (Å²) in [6, 6.07) is 7.43. The Morgan fingerprint density at radius 3 is 2.78 bits per heavy atom. The van der Waals surface area contributed by atoms with E-state index in [1.165, 1.54) is 0 Å². The van der Waals surface area contributed by atoms with Crippen LogP contribution in [0, 0.1) is 0 Å². The van der Waals surface area contributed by atoms with Gasteiger partial charge in [0.1, 0.15) is 17.6 Å². The quantitative estimate of drug-likeness (QED) is 0.928. The van der Waals surface area contributed by atoms with Crippen molar-refractivity contribution in [3.05, 3.63) is 41.2 Å². The first-order chi connectivity index (χ1) is 11.0. The monoisotopic (exact) mass is 314 g/mol. The Morgan fingerprint density at radius 2 is 2.09 bits per heavy atom. The number of benzene rings is 1. The minimum absolute atomic E-state index is 0.00345. The van der Waals surface area contributed by atoms with Gasteiger partial charge in [-0.15, -0.1) is 0 Å². The summed E-state index contributed by atoms with van der Waals surface area (Å²) in [6.45, 7) is 6.46. The van der Waals surface area contributed by atoms with E-state index in [0.29, 0.717) is 30.7 Å².